The Kier molecular flexibility index (Phi) is 7.59. The van der Waals surface area contributed by atoms with Crippen LogP contribution in [0.25, 0.3) is 0 Å². The molecule has 0 bridgehead atoms. The largest absolute Gasteiger partial charge is 0.443 e. The summed E-state index contributed by atoms with van der Waals surface area (Å²) in [6.45, 7) is 5.55. The third kappa shape index (κ3) is 6.88. The van der Waals surface area contributed by atoms with Gasteiger partial charge >= 0.3 is 12.3 Å². The minimum atomic E-state index is -4.43. The van der Waals surface area contributed by atoms with Crippen molar-refractivity contribution in [3.05, 3.63) is 72.1 Å². The van der Waals surface area contributed by atoms with Gasteiger partial charge in [-0.3, -0.25) is 4.90 Å². The van der Waals surface area contributed by atoms with Gasteiger partial charge in [-0.1, -0.05) is 18.1 Å². The number of carbonyl (C=O) groups is 1. The van der Waals surface area contributed by atoms with E-state index in [9.17, 15) is 18.0 Å². The van der Waals surface area contributed by atoms with E-state index in [0.717, 1.165) is 25.0 Å². The van der Waals surface area contributed by atoms with Gasteiger partial charge in [0.2, 0.25) is 5.82 Å². The van der Waals surface area contributed by atoms with E-state index in [0.29, 0.717) is 5.56 Å². The van der Waals surface area contributed by atoms with E-state index < -0.39 is 34.7 Å². The molecular weight excluding hydrogens is 514 g/mol. The number of amides is 1. The smallest absolute Gasteiger partial charge is 0.418 e. The van der Waals surface area contributed by atoms with E-state index in [1.807, 2.05) is 0 Å². The molecule has 206 valence electrons. The van der Waals surface area contributed by atoms with Crippen LogP contribution in [0.5, 0.6) is 0 Å². The number of rotatable bonds is 7. The highest BCUT2D eigenvalue weighted by atomic mass is 19.4. The van der Waals surface area contributed by atoms with E-state index in [4.69, 9.17) is 11.2 Å². The van der Waals surface area contributed by atoms with Gasteiger partial charge in [-0.25, -0.2) is 14.8 Å². The Balaban J connectivity index is 1.47. The van der Waals surface area contributed by atoms with Crippen LogP contribution >= 0.6 is 0 Å². The fourth-order valence-corrected chi connectivity index (χ4v) is 3.91. The van der Waals surface area contributed by atoms with Crippen molar-refractivity contribution in [2.45, 2.75) is 58.0 Å². The number of ether oxygens (including phenoxy) is 1. The van der Waals surface area contributed by atoms with Crippen LogP contribution in [0, 0.1) is 23.6 Å². The van der Waals surface area contributed by atoms with Crippen molar-refractivity contribution in [3.8, 4) is 12.3 Å². The number of carbonyl (C=O) groups excluding carboxylic acids is 1. The van der Waals surface area contributed by atoms with Crippen LogP contribution in [0.1, 0.15) is 44.7 Å². The number of nitrogens with zero attached hydrogens (tertiary/aromatic N) is 4. The number of terminal acetylenes is 1. The number of halogens is 4. The summed E-state index contributed by atoms with van der Waals surface area (Å²) < 4.78 is 59.7. The Hall–Kier alpha value is -4.07. The number of nitrogens with one attached hydrogen (secondary N) is 1. The number of hydrogen-bond acceptors (Lipinski definition) is 6. The summed E-state index contributed by atoms with van der Waals surface area (Å²) >= 11 is 0. The van der Waals surface area contributed by atoms with E-state index in [-0.39, 0.29) is 30.8 Å². The van der Waals surface area contributed by atoms with Gasteiger partial charge in [0.25, 0.3) is 0 Å². The fourth-order valence-electron chi connectivity index (χ4n) is 3.91. The molecule has 2 heterocycles. The molecule has 1 aliphatic heterocycles. The Bertz CT molecular complexity index is 1290. The number of benzene rings is 1. The molecule has 2 aliphatic rings. The summed E-state index contributed by atoms with van der Waals surface area (Å²) in [7, 11) is 0. The topological polar surface area (TPSA) is 70.6 Å². The van der Waals surface area contributed by atoms with Crippen LogP contribution in [-0.2, 0) is 17.5 Å². The summed E-state index contributed by atoms with van der Waals surface area (Å²) in [5, 5.41) is 2.94. The molecule has 0 atom stereocenters. The average Bonchev–Trinajstić information content (AvgIpc) is 3.71. The zero-order chi connectivity index (χ0) is 28.4. The highest BCUT2D eigenvalue weighted by Gasteiger charge is 2.34. The predicted octanol–water partition coefficient (Wildman–Crippen LogP) is 6.11. The summed E-state index contributed by atoms with van der Waals surface area (Å²) in [5.41, 5.74) is -1.77. The first-order valence-electron chi connectivity index (χ1n) is 12.4. The summed E-state index contributed by atoms with van der Waals surface area (Å²) in [4.78, 5) is 23.5. The lowest BCUT2D eigenvalue weighted by Crippen LogP contribution is -2.34. The Morgan fingerprint density at radius 1 is 1.18 bits per heavy atom. The summed E-state index contributed by atoms with van der Waals surface area (Å²) in [5.74, 6) is 1.95. The maximum absolute atomic E-state index is 15.6. The number of hydrogen-bond donors (Lipinski definition) is 1. The van der Waals surface area contributed by atoms with Gasteiger partial charge in [0.05, 0.1) is 11.0 Å². The van der Waals surface area contributed by atoms with E-state index in [1.165, 1.54) is 35.8 Å². The Labute approximate surface area is 224 Å². The number of alkyl halides is 3. The molecule has 4 rings (SSSR count). The molecule has 1 fully saturated rings. The van der Waals surface area contributed by atoms with Crippen LogP contribution in [0.2, 0.25) is 0 Å². The molecule has 1 N–H and O–H groups in total. The summed E-state index contributed by atoms with van der Waals surface area (Å²) in [6, 6.07) is 4.81. The fraction of sp³-hybridized carbons (Fsp3) is 0.393. The molecule has 1 amide bonds. The van der Waals surface area contributed by atoms with Crippen LogP contribution < -0.4 is 10.2 Å². The van der Waals surface area contributed by atoms with Crippen molar-refractivity contribution in [1.82, 2.24) is 14.9 Å². The van der Waals surface area contributed by atoms with Gasteiger partial charge in [-0.15, -0.1) is 6.42 Å². The lowest BCUT2D eigenvalue weighted by Gasteiger charge is -2.29. The third-order valence-electron chi connectivity index (χ3n) is 6.15. The Morgan fingerprint density at radius 3 is 2.36 bits per heavy atom. The molecule has 1 aromatic carbocycles. The molecule has 1 aromatic heterocycles. The van der Waals surface area contributed by atoms with Crippen molar-refractivity contribution in [2.24, 2.45) is 5.41 Å². The molecule has 1 aliphatic carbocycles. The van der Waals surface area contributed by atoms with E-state index in [1.54, 1.807) is 37.8 Å². The van der Waals surface area contributed by atoms with Crippen molar-refractivity contribution >= 4 is 17.7 Å². The van der Waals surface area contributed by atoms with Gasteiger partial charge in [0, 0.05) is 31.5 Å². The van der Waals surface area contributed by atoms with Crippen LogP contribution in [0.4, 0.5) is 34.0 Å². The van der Waals surface area contributed by atoms with Crippen molar-refractivity contribution in [3.63, 3.8) is 0 Å². The van der Waals surface area contributed by atoms with E-state index in [2.05, 4.69) is 21.2 Å². The molecule has 0 spiro atoms. The van der Waals surface area contributed by atoms with Crippen molar-refractivity contribution in [2.75, 3.05) is 16.8 Å². The second-order valence-electron chi connectivity index (χ2n) is 10.5. The minimum Gasteiger partial charge on any atom is -0.443 e. The second-order valence-corrected chi connectivity index (χ2v) is 10.5. The Morgan fingerprint density at radius 2 is 1.82 bits per heavy atom. The minimum absolute atomic E-state index is 0.0182. The highest BCUT2D eigenvalue weighted by Crippen LogP contribution is 2.36. The molecule has 0 radical (unpaired) electrons. The molecule has 0 saturated heterocycles. The zero-order valence-electron chi connectivity index (χ0n) is 21.8. The van der Waals surface area contributed by atoms with E-state index >= 15 is 4.39 Å². The maximum Gasteiger partial charge on any atom is 0.418 e. The lowest BCUT2D eigenvalue weighted by atomic mass is 9.87. The van der Waals surface area contributed by atoms with Crippen molar-refractivity contribution in [1.29, 1.82) is 0 Å². The predicted molar refractivity (Wildman–Crippen MR) is 139 cm³/mol. The quantitative estimate of drug-likeness (QED) is 0.336. The standard InChI is InChI=1S/C28H29F4N5O2/c1-5-27(12-14-36(15-13-27)25(38)39-26(2,3)4)17-33-23-22(29)24(35-18-34-23)37(21-10-11-21)16-19-6-8-20(9-7-19)28(30,31)32/h1,6-9,12-15,18,21H,10-11,16-17H2,2-4H3,(H,33,34,35). The molecule has 2 aromatic rings. The maximum atomic E-state index is 15.6. The molecule has 11 heteroatoms. The van der Waals surface area contributed by atoms with Gasteiger partial charge in [-0.05, 0) is 63.5 Å². The van der Waals surface area contributed by atoms with Gasteiger partial charge < -0.3 is 15.0 Å². The van der Waals surface area contributed by atoms with Gasteiger partial charge in [0.15, 0.2) is 11.6 Å². The normalized spacial score (nSPS) is 16.5. The number of aromatic nitrogens is 2. The van der Waals surface area contributed by atoms with Crippen LogP contribution in [0.3, 0.4) is 0 Å². The summed E-state index contributed by atoms with van der Waals surface area (Å²) in [6.07, 6.45) is 9.90. The second kappa shape index (κ2) is 10.6. The lowest BCUT2D eigenvalue weighted by molar-refractivity contribution is -0.137. The number of anilines is 2. The van der Waals surface area contributed by atoms with Gasteiger partial charge in [-0.2, -0.15) is 17.6 Å². The molecule has 1 saturated carbocycles. The van der Waals surface area contributed by atoms with Crippen LogP contribution in [-0.4, -0.2) is 39.1 Å². The van der Waals surface area contributed by atoms with Crippen molar-refractivity contribution < 1.29 is 27.1 Å². The first kappa shape index (κ1) is 28.0. The molecule has 0 unspecified atom stereocenters. The SMILES string of the molecule is C#CC1(CNc2ncnc(N(Cc3ccc(C(F)(F)F)cc3)C3CC3)c2F)C=CN(C(=O)OC(C)(C)C)C=C1. The molecule has 7 nitrogen and oxygen atoms in total. The third-order valence-corrected chi connectivity index (χ3v) is 6.15. The van der Waals surface area contributed by atoms with Gasteiger partial charge in [0.1, 0.15) is 11.9 Å². The van der Waals surface area contributed by atoms with Crippen LogP contribution in [0.15, 0.2) is 55.1 Å². The average molecular weight is 544 g/mol. The zero-order valence-corrected chi connectivity index (χ0v) is 21.8. The monoisotopic (exact) mass is 543 g/mol. The first-order valence-corrected chi connectivity index (χ1v) is 12.4. The highest BCUT2D eigenvalue weighted by molar-refractivity contribution is 5.71. The molecular formula is C28H29F4N5O2. The molecule has 39 heavy (non-hydrogen) atoms. The first-order chi connectivity index (χ1) is 18.3.